The second kappa shape index (κ2) is 8.16. The summed E-state index contributed by atoms with van der Waals surface area (Å²) < 4.78 is 5.88. The number of carbonyl (C=O) groups excluding carboxylic acids is 2. The quantitative estimate of drug-likeness (QED) is 0.655. The number of esters is 1. The Balaban J connectivity index is 1.28. The van der Waals surface area contributed by atoms with E-state index in [9.17, 15) is 9.59 Å². The highest BCUT2D eigenvalue weighted by molar-refractivity contribution is 6.07. The lowest BCUT2D eigenvalue weighted by Gasteiger charge is -2.37. The largest absolute Gasteiger partial charge is 0.457 e. The number of fused-ring (bicyclic) bond motifs is 3. The first-order valence-corrected chi connectivity index (χ1v) is 10.9. The van der Waals surface area contributed by atoms with Gasteiger partial charge in [-0.15, -0.1) is 0 Å². The van der Waals surface area contributed by atoms with Gasteiger partial charge in [-0.1, -0.05) is 54.6 Å². The molecule has 2 heterocycles. The van der Waals surface area contributed by atoms with Crippen molar-refractivity contribution in [3.63, 3.8) is 0 Å². The summed E-state index contributed by atoms with van der Waals surface area (Å²) in [6.07, 6.45) is 2.29. The predicted molar refractivity (Wildman–Crippen MR) is 120 cm³/mol. The van der Waals surface area contributed by atoms with Crippen molar-refractivity contribution in [3.8, 4) is 0 Å². The van der Waals surface area contributed by atoms with Crippen LogP contribution in [-0.4, -0.2) is 48.1 Å². The van der Waals surface area contributed by atoms with Crippen LogP contribution < -0.4 is 5.32 Å². The van der Waals surface area contributed by atoms with Crippen molar-refractivity contribution in [2.75, 3.05) is 7.05 Å². The molecule has 31 heavy (non-hydrogen) atoms. The number of amides is 1. The minimum atomic E-state index is -0.275. The van der Waals surface area contributed by atoms with Crippen molar-refractivity contribution >= 4 is 22.6 Å². The Hall–Kier alpha value is -3.18. The van der Waals surface area contributed by atoms with Gasteiger partial charge in [0, 0.05) is 30.1 Å². The van der Waals surface area contributed by atoms with Gasteiger partial charge in [0.1, 0.15) is 6.10 Å². The van der Waals surface area contributed by atoms with Crippen LogP contribution in [-0.2, 0) is 4.74 Å². The highest BCUT2D eigenvalue weighted by Crippen LogP contribution is 2.37. The molecule has 5 heteroatoms. The molecular weight excluding hydrogens is 388 g/mol. The normalized spacial score (nSPS) is 25.3. The predicted octanol–water partition coefficient (Wildman–Crippen LogP) is 4.03. The maximum Gasteiger partial charge on any atom is 0.338 e. The Bertz CT molecular complexity index is 1110. The summed E-state index contributed by atoms with van der Waals surface area (Å²) in [5, 5.41) is 5.28. The van der Waals surface area contributed by atoms with Gasteiger partial charge in [-0.25, -0.2) is 4.79 Å². The molecule has 3 aromatic carbocycles. The Morgan fingerprint density at radius 1 is 0.903 bits per heavy atom. The lowest BCUT2D eigenvalue weighted by atomic mass is 9.96. The molecule has 2 aliphatic heterocycles. The molecular formula is C26H26N2O3. The van der Waals surface area contributed by atoms with Crippen LogP contribution >= 0.6 is 0 Å². The topological polar surface area (TPSA) is 58.6 Å². The molecule has 5 rings (SSSR count). The van der Waals surface area contributed by atoms with Gasteiger partial charge in [0.2, 0.25) is 0 Å². The standard InChI is InChI=1S/C26H26N2O3/c1-28-20-14-19(27-25(29)22-13-7-11-17-8-5-6-12-21(17)22)15-23(28)24(16-20)31-26(30)18-9-3-2-4-10-18/h2-13,19-20,23-24H,14-16H2,1H3,(H,27,29). The Morgan fingerprint density at radius 3 is 2.48 bits per heavy atom. The number of likely N-dealkylation sites (N-methyl/N-ethyl adjacent to an activating group) is 1. The number of carbonyl (C=O) groups is 2. The Kier molecular flexibility index (Phi) is 5.20. The molecule has 0 radical (unpaired) electrons. The third-order valence-electron chi connectivity index (χ3n) is 6.75. The monoisotopic (exact) mass is 414 g/mol. The molecule has 0 spiro atoms. The van der Waals surface area contributed by atoms with E-state index in [1.807, 2.05) is 60.7 Å². The average Bonchev–Trinajstić information content (AvgIpc) is 2.96. The third kappa shape index (κ3) is 3.81. The first kappa shape index (κ1) is 19.8. The molecule has 0 aromatic heterocycles. The second-order valence-corrected chi connectivity index (χ2v) is 8.60. The van der Waals surface area contributed by atoms with Crippen molar-refractivity contribution in [3.05, 3.63) is 83.9 Å². The fourth-order valence-corrected chi connectivity index (χ4v) is 5.13. The molecule has 1 amide bonds. The summed E-state index contributed by atoms with van der Waals surface area (Å²) in [6, 6.07) is 23.4. The summed E-state index contributed by atoms with van der Waals surface area (Å²) >= 11 is 0. The van der Waals surface area contributed by atoms with Gasteiger partial charge in [0.15, 0.2) is 0 Å². The summed E-state index contributed by atoms with van der Waals surface area (Å²) in [5.41, 5.74) is 1.28. The van der Waals surface area contributed by atoms with Gasteiger partial charge in [-0.05, 0) is 48.9 Å². The van der Waals surface area contributed by atoms with Crippen LogP contribution in [0, 0.1) is 0 Å². The van der Waals surface area contributed by atoms with Crippen LogP contribution in [0.15, 0.2) is 72.8 Å². The Labute approximate surface area is 182 Å². The van der Waals surface area contributed by atoms with Gasteiger partial charge < -0.3 is 10.1 Å². The molecule has 2 aliphatic rings. The second-order valence-electron chi connectivity index (χ2n) is 8.60. The van der Waals surface area contributed by atoms with Crippen molar-refractivity contribution < 1.29 is 14.3 Å². The fourth-order valence-electron chi connectivity index (χ4n) is 5.13. The van der Waals surface area contributed by atoms with E-state index in [2.05, 4.69) is 17.3 Å². The lowest BCUT2D eigenvalue weighted by Crippen LogP contribution is -2.50. The van der Waals surface area contributed by atoms with Gasteiger partial charge in [0.25, 0.3) is 5.91 Å². The molecule has 2 bridgehead atoms. The van der Waals surface area contributed by atoms with Crippen LogP contribution in [0.1, 0.15) is 40.0 Å². The fraction of sp³-hybridized carbons (Fsp3) is 0.308. The van der Waals surface area contributed by atoms with Crippen molar-refractivity contribution in [1.82, 2.24) is 10.2 Å². The summed E-state index contributed by atoms with van der Waals surface area (Å²) in [4.78, 5) is 27.9. The molecule has 2 saturated heterocycles. The number of piperidine rings is 1. The molecule has 2 fully saturated rings. The van der Waals surface area contributed by atoms with Crippen molar-refractivity contribution in [1.29, 1.82) is 0 Å². The molecule has 4 atom stereocenters. The molecule has 0 aliphatic carbocycles. The molecule has 5 nitrogen and oxygen atoms in total. The van der Waals surface area contributed by atoms with E-state index in [0.29, 0.717) is 17.2 Å². The molecule has 0 saturated carbocycles. The molecule has 158 valence electrons. The van der Waals surface area contributed by atoms with Crippen LogP contribution in [0.25, 0.3) is 10.8 Å². The highest BCUT2D eigenvalue weighted by atomic mass is 16.5. The molecule has 4 unspecified atom stereocenters. The zero-order valence-electron chi connectivity index (χ0n) is 17.5. The van der Waals surface area contributed by atoms with E-state index < -0.39 is 0 Å². The third-order valence-corrected chi connectivity index (χ3v) is 6.75. The molecule has 3 aromatic rings. The summed E-state index contributed by atoms with van der Waals surface area (Å²) in [5.74, 6) is -0.313. The first-order chi connectivity index (χ1) is 15.1. The summed E-state index contributed by atoms with van der Waals surface area (Å²) in [7, 11) is 2.09. The van der Waals surface area contributed by atoms with E-state index >= 15 is 0 Å². The van der Waals surface area contributed by atoms with Crippen LogP contribution in [0.2, 0.25) is 0 Å². The number of hydrogen-bond acceptors (Lipinski definition) is 4. The average molecular weight is 415 g/mol. The maximum absolute atomic E-state index is 13.1. The first-order valence-electron chi connectivity index (χ1n) is 10.9. The maximum atomic E-state index is 13.1. The van der Waals surface area contributed by atoms with Crippen LogP contribution in [0.5, 0.6) is 0 Å². The van der Waals surface area contributed by atoms with Crippen LogP contribution in [0.4, 0.5) is 0 Å². The SMILES string of the molecule is CN1C2CC(NC(=O)c3cccc4ccccc34)CC1C(OC(=O)c1ccccc1)C2. The lowest BCUT2D eigenvalue weighted by molar-refractivity contribution is 0.0177. The minimum Gasteiger partial charge on any atom is -0.457 e. The number of hydrogen-bond donors (Lipinski definition) is 1. The number of rotatable bonds is 4. The van der Waals surface area contributed by atoms with Crippen molar-refractivity contribution in [2.45, 2.75) is 43.5 Å². The summed E-state index contributed by atoms with van der Waals surface area (Å²) in [6.45, 7) is 0. The van der Waals surface area contributed by atoms with Crippen molar-refractivity contribution in [2.24, 2.45) is 0 Å². The number of nitrogens with one attached hydrogen (secondary N) is 1. The van der Waals surface area contributed by atoms with Gasteiger partial charge in [-0.2, -0.15) is 0 Å². The van der Waals surface area contributed by atoms with E-state index in [-0.39, 0.29) is 30.1 Å². The van der Waals surface area contributed by atoms with Gasteiger partial charge >= 0.3 is 5.97 Å². The smallest absolute Gasteiger partial charge is 0.338 e. The number of ether oxygens (including phenoxy) is 1. The minimum absolute atomic E-state index is 0.0383. The van der Waals surface area contributed by atoms with Gasteiger partial charge in [-0.3, -0.25) is 9.69 Å². The van der Waals surface area contributed by atoms with E-state index in [0.717, 1.165) is 30.0 Å². The van der Waals surface area contributed by atoms with E-state index in [4.69, 9.17) is 4.74 Å². The highest BCUT2D eigenvalue weighted by Gasteiger charge is 2.47. The zero-order chi connectivity index (χ0) is 21.4. The van der Waals surface area contributed by atoms with E-state index in [1.165, 1.54) is 0 Å². The van der Waals surface area contributed by atoms with Crippen LogP contribution in [0.3, 0.4) is 0 Å². The number of nitrogens with zero attached hydrogens (tertiary/aromatic N) is 1. The Morgan fingerprint density at radius 2 is 1.65 bits per heavy atom. The van der Waals surface area contributed by atoms with E-state index in [1.54, 1.807) is 12.1 Å². The zero-order valence-corrected chi connectivity index (χ0v) is 17.5. The number of benzene rings is 3. The van der Waals surface area contributed by atoms with Gasteiger partial charge in [0.05, 0.1) is 5.56 Å². The molecule has 1 N–H and O–H groups in total.